The van der Waals surface area contributed by atoms with E-state index >= 15 is 0 Å². The summed E-state index contributed by atoms with van der Waals surface area (Å²) in [5.74, 6) is -0.266. The molecule has 0 radical (unpaired) electrons. The van der Waals surface area contributed by atoms with Gasteiger partial charge in [-0.05, 0) is 30.7 Å². The van der Waals surface area contributed by atoms with E-state index in [0.29, 0.717) is 18.6 Å². The van der Waals surface area contributed by atoms with Gasteiger partial charge in [0.05, 0.1) is 19.1 Å². The van der Waals surface area contributed by atoms with Crippen molar-refractivity contribution in [3.8, 4) is 11.5 Å². The van der Waals surface area contributed by atoms with E-state index in [1.165, 1.54) is 31.2 Å². The van der Waals surface area contributed by atoms with E-state index in [1.54, 1.807) is 0 Å². The first-order valence-electron chi connectivity index (χ1n) is 9.17. The first-order valence-corrected chi connectivity index (χ1v) is 9.17. The average molecular weight is 405 g/mol. The van der Waals surface area contributed by atoms with Crippen molar-refractivity contribution in [2.24, 2.45) is 0 Å². The Morgan fingerprint density at radius 3 is 2.62 bits per heavy atom. The maximum atomic E-state index is 12.4. The molecular weight excluding hydrogens is 384 g/mol. The van der Waals surface area contributed by atoms with Gasteiger partial charge in [0.25, 0.3) is 5.91 Å². The van der Waals surface area contributed by atoms with Crippen molar-refractivity contribution in [2.45, 2.75) is 38.5 Å². The lowest BCUT2D eigenvalue weighted by molar-refractivity contribution is -0.154. The van der Waals surface area contributed by atoms with Crippen LogP contribution >= 0.6 is 0 Å². The first-order chi connectivity index (χ1) is 13.9. The van der Waals surface area contributed by atoms with Crippen molar-refractivity contribution in [3.05, 3.63) is 59.7 Å². The zero-order valence-corrected chi connectivity index (χ0v) is 15.8. The van der Waals surface area contributed by atoms with Crippen LogP contribution < -0.4 is 14.8 Å². The molecule has 0 bridgehead atoms. The number of para-hydroxylation sites is 1. The summed E-state index contributed by atoms with van der Waals surface area (Å²) >= 11 is 0. The summed E-state index contributed by atoms with van der Waals surface area (Å²) in [6.45, 7) is -0.924. The Morgan fingerprint density at radius 2 is 1.90 bits per heavy atom. The van der Waals surface area contributed by atoms with Gasteiger partial charge < -0.3 is 19.5 Å². The van der Waals surface area contributed by atoms with Crippen LogP contribution in [0.15, 0.2) is 48.5 Å². The van der Waals surface area contributed by atoms with Gasteiger partial charge in [-0.1, -0.05) is 30.3 Å². The number of rotatable bonds is 7. The lowest BCUT2D eigenvalue weighted by atomic mass is 10.0. The van der Waals surface area contributed by atoms with Gasteiger partial charge in [0.1, 0.15) is 11.5 Å². The minimum atomic E-state index is -2.91. The summed E-state index contributed by atoms with van der Waals surface area (Å²) in [6.07, 6.45) is -0.442. The number of hydrogen-bond acceptors (Lipinski definition) is 5. The third kappa shape index (κ3) is 5.66. The quantitative estimate of drug-likeness (QED) is 0.715. The van der Waals surface area contributed by atoms with Crippen molar-refractivity contribution in [1.29, 1.82) is 0 Å². The monoisotopic (exact) mass is 405 g/mol. The van der Waals surface area contributed by atoms with E-state index in [9.17, 15) is 18.4 Å². The second kappa shape index (κ2) is 9.36. The SMILES string of the molecule is CC(OC(=O)Cc1ccc(OC(F)F)cc1)C(=O)NC1CCOc2ccccc21. The van der Waals surface area contributed by atoms with Crippen molar-refractivity contribution in [1.82, 2.24) is 5.32 Å². The number of hydrogen-bond donors (Lipinski definition) is 1. The molecule has 1 aliphatic heterocycles. The molecule has 0 saturated carbocycles. The Balaban J connectivity index is 1.51. The Morgan fingerprint density at radius 1 is 1.17 bits per heavy atom. The Labute approximate surface area is 166 Å². The summed E-state index contributed by atoms with van der Waals surface area (Å²) in [4.78, 5) is 24.5. The van der Waals surface area contributed by atoms with E-state index in [4.69, 9.17) is 9.47 Å². The lowest BCUT2D eigenvalue weighted by Crippen LogP contribution is -2.39. The van der Waals surface area contributed by atoms with E-state index < -0.39 is 24.6 Å². The summed E-state index contributed by atoms with van der Waals surface area (Å²) in [5, 5.41) is 2.89. The van der Waals surface area contributed by atoms with Gasteiger partial charge in [-0.2, -0.15) is 8.78 Å². The number of carbonyl (C=O) groups excluding carboxylic acids is 2. The van der Waals surface area contributed by atoms with Crippen LogP contribution in [0.5, 0.6) is 11.5 Å². The third-order valence-electron chi connectivity index (χ3n) is 4.45. The van der Waals surface area contributed by atoms with Gasteiger partial charge in [-0.15, -0.1) is 0 Å². The number of fused-ring (bicyclic) bond motifs is 1. The smallest absolute Gasteiger partial charge is 0.387 e. The van der Waals surface area contributed by atoms with Crippen LogP contribution in [0, 0.1) is 0 Å². The molecule has 1 N–H and O–H groups in total. The normalized spacial score (nSPS) is 16.3. The van der Waals surface area contributed by atoms with Crippen LogP contribution in [-0.2, 0) is 20.7 Å². The molecule has 0 aromatic heterocycles. The molecule has 2 atom stereocenters. The second-order valence-corrected chi connectivity index (χ2v) is 6.57. The van der Waals surface area contributed by atoms with E-state index in [-0.39, 0.29) is 18.2 Å². The van der Waals surface area contributed by atoms with Crippen LogP contribution in [0.1, 0.15) is 30.5 Å². The first kappa shape index (κ1) is 20.6. The lowest BCUT2D eigenvalue weighted by Gasteiger charge is -2.27. The van der Waals surface area contributed by atoms with Crippen molar-refractivity contribution in [3.63, 3.8) is 0 Å². The highest BCUT2D eigenvalue weighted by atomic mass is 19.3. The average Bonchev–Trinajstić information content (AvgIpc) is 2.69. The highest BCUT2D eigenvalue weighted by Crippen LogP contribution is 2.31. The molecule has 154 valence electrons. The molecule has 0 saturated heterocycles. The number of nitrogens with one attached hydrogen (secondary N) is 1. The fraction of sp³-hybridized carbons (Fsp3) is 0.333. The summed E-state index contributed by atoms with van der Waals surface area (Å²) in [5.41, 5.74) is 1.44. The second-order valence-electron chi connectivity index (χ2n) is 6.57. The number of amides is 1. The van der Waals surface area contributed by atoms with Crippen molar-refractivity contribution >= 4 is 11.9 Å². The predicted octanol–water partition coefficient (Wildman–Crippen LogP) is 3.40. The number of benzene rings is 2. The molecule has 1 heterocycles. The summed E-state index contributed by atoms with van der Waals surface area (Å²) < 4.78 is 39.4. The fourth-order valence-corrected chi connectivity index (χ4v) is 3.03. The van der Waals surface area contributed by atoms with Gasteiger partial charge in [-0.3, -0.25) is 9.59 Å². The van der Waals surface area contributed by atoms with Gasteiger partial charge >= 0.3 is 12.6 Å². The van der Waals surface area contributed by atoms with Crippen molar-refractivity contribution < 1.29 is 32.6 Å². The summed E-state index contributed by atoms with van der Waals surface area (Å²) in [6, 6.07) is 12.9. The minimum Gasteiger partial charge on any atom is -0.493 e. The zero-order chi connectivity index (χ0) is 20.8. The maximum absolute atomic E-state index is 12.4. The van der Waals surface area contributed by atoms with Crippen molar-refractivity contribution in [2.75, 3.05) is 6.61 Å². The molecule has 1 aliphatic rings. The molecule has 6 nitrogen and oxygen atoms in total. The molecule has 1 amide bonds. The molecule has 0 aliphatic carbocycles. The highest BCUT2D eigenvalue weighted by molar-refractivity contribution is 5.84. The molecule has 0 fully saturated rings. The number of halogens is 2. The minimum absolute atomic E-state index is 0.00149. The van der Waals surface area contributed by atoms with Gasteiger partial charge in [-0.25, -0.2) is 0 Å². The number of alkyl halides is 2. The summed E-state index contributed by atoms with van der Waals surface area (Å²) in [7, 11) is 0. The molecule has 2 unspecified atom stereocenters. The Bertz CT molecular complexity index is 856. The van der Waals surface area contributed by atoms with Crippen LogP contribution in [0.25, 0.3) is 0 Å². The number of carbonyl (C=O) groups is 2. The fourth-order valence-electron chi connectivity index (χ4n) is 3.03. The Hall–Kier alpha value is -3.16. The molecule has 29 heavy (non-hydrogen) atoms. The number of esters is 1. The van der Waals surface area contributed by atoms with Crippen LogP contribution in [0.3, 0.4) is 0 Å². The molecule has 3 rings (SSSR count). The van der Waals surface area contributed by atoms with E-state index in [0.717, 1.165) is 11.3 Å². The van der Waals surface area contributed by atoms with Crippen LogP contribution in [0.2, 0.25) is 0 Å². The van der Waals surface area contributed by atoms with E-state index in [2.05, 4.69) is 10.1 Å². The third-order valence-corrected chi connectivity index (χ3v) is 4.45. The largest absolute Gasteiger partial charge is 0.493 e. The van der Waals surface area contributed by atoms with Gasteiger partial charge in [0, 0.05) is 12.0 Å². The highest BCUT2D eigenvalue weighted by Gasteiger charge is 2.26. The molecule has 0 spiro atoms. The predicted molar refractivity (Wildman–Crippen MR) is 99.8 cm³/mol. The molecule has 2 aromatic rings. The van der Waals surface area contributed by atoms with Gasteiger partial charge in [0.15, 0.2) is 6.10 Å². The molecule has 2 aromatic carbocycles. The number of ether oxygens (including phenoxy) is 3. The van der Waals surface area contributed by atoms with Crippen LogP contribution in [0.4, 0.5) is 8.78 Å². The van der Waals surface area contributed by atoms with E-state index in [1.807, 2.05) is 24.3 Å². The maximum Gasteiger partial charge on any atom is 0.387 e. The Kier molecular flexibility index (Phi) is 6.64. The zero-order valence-electron chi connectivity index (χ0n) is 15.8. The molecular formula is C21H21F2NO5. The standard InChI is InChI=1S/C21H21F2NO5/c1-13(20(26)24-17-10-11-27-18-5-3-2-4-16(17)18)28-19(25)12-14-6-8-15(9-7-14)29-21(22)23/h2-9,13,17,21H,10-12H2,1H3,(H,24,26). The van der Waals surface area contributed by atoms with Crippen LogP contribution in [-0.4, -0.2) is 31.2 Å². The topological polar surface area (TPSA) is 73.9 Å². The van der Waals surface area contributed by atoms with Gasteiger partial charge in [0.2, 0.25) is 0 Å². The molecule has 8 heteroatoms.